The Bertz CT molecular complexity index is 1270. The van der Waals surface area contributed by atoms with Crippen molar-refractivity contribution in [3.8, 4) is 0 Å². The molecule has 0 saturated heterocycles. The van der Waals surface area contributed by atoms with Gasteiger partial charge in [0.05, 0.1) is 23.4 Å². The van der Waals surface area contributed by atoms with Crippen LogP contribution in [0.25, 0.3) is 21.9 Å². The molecule has 1 aliphatic heterocycles. The second-order valence-electron chi connectivity index (χ2n) is 8.83. The molecule has 4 heterocycles. The maximum atomic E-state index is 10.8. The molecule has 3 aromatic heterocycles. The molecule has 0 radical (unpaired) electrons. The highest BCUT2D eigenvalue weighted by Gasteiger charge is 2.42. The quantitative estimate of drug-likeness (QED) is 0.474. The fourth-order valence-corrected chi connectivity index (χ4v) is 5.25. The van der Waals surface area contributed by atoms with E-state index >= 15 is 0 Å². The first-order valence-corrected chi connectivity index (χ1v) is 10.9. The molecular formula is C24H25N5O2. The fourth-order valence-electron chi connectivity index (χ4n) is 5.25. The standard InChI is InChI=1S/C24H25N5O2/c30-22-16(9-21(23(22)31)29-6-5-17-10-26-13-27-24(17)29)4-2-14-1-3-15-8-18-11-25-12-20(18)28-19(15)7-14/h1,3,5-8,10,13,16,21-23,25,30-31H,2,4,9,11-12H2/t16-,21+,22+,23-/m0/s1. The predicted molar refractivity (Wildman–Crippen MR) is 117 cm³/mol. The molecular weight excluding hydrogens is 390 g/mol. The van der Waals surface area contributed by atoms with Gasteiger partial charge in [0.2, 0.25) is 0 Å². The zero-order valence-electron chi connectivity index (χ0n) is 17.1. The van der Waals surface area contributed by atoms with Crippen molar-refractivity contribution in [2.24, 2.45) is 5.92 Å². The van der Waals surface area contributed by atoms with Gasteiger partial charge in [0.15, 0.2) is 0 Å². The number of aliphatic hydroxyl groups is 2. The van der Waals surface area contributed by atoms with Gasteiger partial charge in [-0.15, -0.1) is 0 Å². The molecule has 4 aromatic rings. The minimum Gasteiger partial charge on any atom is -0.390 e. The monoisotopic (exact) mass is 415 g/mol. The summed E-state index contributed by atoms with van der Waals surface area (Å²) in [6.07, 6.45) is 6.08. The number of aryl methyl sites for hydroxylation is 1. The molecule has 0 bridgehead atoms. The first kappa shape index (κ1) is 18.9. The number of nitrogens with zero attached hydrogens (tertiary/aromatic N) is 4. The molecule has 7 nitrogen and oxygen atoms in total. The summed E-state index contributed by atoms with van der Waals surface area (Å²) in [5.41, 5.74) is 5.48. The Labute approximate surface area is 179 Å². The third kappa shape index (κ3) is 3.20. The van der Waals surface area contributed by atoms with Gasteiger partial charge in [-0.25, -0.2) is 9.97 Å². The average Bonchev–Trinajstić information content (AvgIpc) is 3.49. The molecule has 0 unspecified atom stereocenters. The van der Waals surface area contributed by atoms with Gasteiger partial charge in [0.1, 0.15) is 18.1 Å². The van der Waals surface area contributed by atoms with Crippen molar-refractivity contribution in [1.82, 2.24) is 24.8 Å². The highest BCUT2D eigenvalue weighted by molar-refractivity contribution is 5.80. The summed E-state index contributed by atoms with van der Waals surface area (Å²) >= 11 is 0. The number of hydrogen-bond acceptors (Lipinski definition) is 6. The predicted octanol–water partition coefficient (Wildman–Crippen LogP) is 2.50. The maximum Gasteiger partial charge on any atom is 0.143 e. The van der Waals surface area contributed by atoms with E-state index in [1.807, 2.05) is 16.8 Å². The number of aliphatic hydroxyl groups excluding tert-OH is 2. The summed E-state index contributed by atoms with van der Waals surface area (Å²) in [6.45, 7) is 1.73. The Balaban J connectivity index is 1.20. The van der Waals surface area contributed by atoms with Gasteiger partial charge in [-0.05, 0) is 54.5 Å². The lowest BCUT2D eigenvalue weighted by Crippen LogP contribution is -2.29. The van der Waals surface area contributed by atoms with E-state index in [4.69, 9.17) is 4.98 Å². The fraction of sp³-hybridized carbons (Fsp3) is 0.375. The molecule has 1 aromatic carbocycles. The van der Waals surface area contributed by atoms with E-state index in [0.29, 0.717) is 0 Å². The third-order valence-corrected chi connectivity index (χ3v) is 6.97. The van der Waals surface area contributed by atoms with Gasteiger partial charge in [-0.2, -0.15) is 0 Å². The van der Waals surface area contributed by atoms with Crippen molar-refractivity contribution in [1.29, 1.82) is 0 Å². The van der Waals surface area contributed by atoms with Gasteiger partial charge in [0.25, 0.3) is 0 Å². The number of pyridine rings is 1. The van der Waals surface area contributed by atoms with E-state index < -0.39 is 12.2 Å². The van der Waals surface area contributed by atoms with Crippen molar-refractivity contribution in [2.75, 3.05) is 0 Å². The smallest absolute Gasteiger partial charge is 0.143 e. The van der Waals surface area contributed by atoms with Crippen molar-refractivity contribution in [3.63, 3.8) is 0 Å². The normalized spacial score (nSPS) is 25.5. The van der Waals surface area contributed by atoms with E-state index in [0.717, 1.165) is 54.6 Å². The van der Waals surface area contributed by atoms with Crippen LogP contribution in [0.3, 0.4) is 0 Å². The first-order chi connectivity index (χ1) is 15.2. The molecule has 0 amide bonds. The molecule has 3 N–H and O–H groups in total. The van der Waals surface area contributed by atoms with E-state index in [1.165, 1.54) is 22.8 Å². The largest absolute Gasteiger partial charge is 0.390 e. The maximum absolute atomic E-state index is 10.8. The molecule has 1 fully saturated rings. The van der Waals surface area contributed by atoms with Gasteiger partial charge in [0, 0.05) is 36.3 Å². The summed E-state index contributed by atoms with van der Waals surface area (Å²) in [7, 11) is 0. The Morgan fingerprint density at radius 2 is 2.00 bits per heavy atom. The minimum atomic E-state index is -0.802. The number of fused-ring (bicyclic) bond motifs is 3. The van der Waals surface area contributed by atoms with Crippen molar-refractivity contribution in [2.45, 2.75) is 50.6 Å². The minimum absolute atomic E-state index is 0.0344. The molecule has 7 heteroatoms. The number of benzene rings is 1. The zero-order chi connectivity index (χ0) is 20.9. The molecule has 0 spiro atoms. The van der Waals surface area contributed by atoms with Crippen LogP contribution in [-0.4, -0.2) is 41.9 Å². The molecule has 2 aliphatic rings. The summed E-state index contributed by atoms with van der Waals surface area (Å²) in [5, 5.41) is 27.0. The van der Waals surface area contributed by atoms with Crippen LogP contribution >= 0.6 is 0 Å². The lowest BCUT2D eigenvalue weighted by atomic mass is 9.95. The van der Waals surface area contributed by atoms with E-state index in [1.54, 1.807) is 6.20 Å². The third-order valence-electron chi connectivity index (χ3n) is 6.97. The first-order valence-electron chi connectivity index (χ1n) is 10.9. The summed E-state index contributed by atoms with van der Waals surface area (Å²) in [5.74, 6) is 0.0344. The second kappa shape index (κ2) is 7.37. The van der Waals surface area contributed by atoms with Gasteiger partial charge < -0.3 is 20.1 Å². The summed E-state index contributed by atoms with van der Waals surface area (Å²) in [6, 6.07) is 10.5. The Kier molecular flexibility index (Phi) is 4.49. The Morgan fingerprint density at radius 3 is 2.94 bits per heavy atom. The number of aromatic nitrogens is 4. The van der Waals surface area contributed by atoms with E-state index in [9.17, 15) is 10.2 Å². The van der Waals surface area contributed by atoms with Crippen LogP contribution in [0.1, 0.15) is 35.7 Å². The average molecular weight is 415 g/mol. The highest BCUT2D eigenvalue weighted by atomic mass is 16.3. The molecule has 4 atom stereocenters. The topological polar surface area (TPSA) is 96.1 Å². The molecule has 31 heavy (non-hydrogen) atoms. The van der Waals surface area contributed by atoms with Crippen LogP contribution in [0, 0.1) is 5.92 Å². The zero-order valence-corrected chi connectivity index (χ0v) is 17.1. The van der Waals surface area contributed by atoms with Crippen LogP contribution < -0.4 is 5.32 Å². The Hall–Kier alpha value is -2.87. The number of nitrogens with one attached hydrogen (secondary N) is 1. The lowest BCUT2D eigenvalue weighted by Gasteiger charge is -2.18. The summed E-state index contributed by atoms with van der Waals surface area (Å²) in [4.78, 5) is 13.3. The van der Waals surface area contributed by atoms with Crippen molar-refractivity contribution < 1.29 is 10.2 Å². The number of hydrogen-bond donors (Lipinski definition) is 3. The lowest BCUT2D eigenvalue weighted by molar-refractivity contribution is 0.00545. The Morgan fingerprint density at radius 1 is 1.06 bits per heavy atom. The molecule has 1 saturated carbocycles. The number of rotatable bonds is 4. The van der Waals surface area contributed by atoms with Crippen molar-refractivity contribution >= 4 is 21.9 Å². The van der Waals surface area contributed by atoms with Gasteiger partial charge in [-0.1, -0.05) is 12.1 Å². The van der Waals surface area contributed by atoms with Crippen molar-refractivity contribution in [3.05, 3.63) is 65.9 Å². The van der Waals surface area contributed by atoms with E-state index in [-0.39, 0.29) is 12.0 Å². The molecule has 158 valence electrons. The summed E-state index contributed by atoms with van der Waals surface area (Å²) < 4.78 is 1.99. The van der Waals surface area contributed by atoms with Gasteiger partial charge >= 0.3 is 0 Å². The van der Waals surface area contributed by atoms with Crippen LogP contribution in [0.5, 0.6) is 0 Å². The van der Waals surface area contributed by atoms with Gasteiger partial charge in [-0.3, -0.25) is 4.98 Å². The highest BCUT2D eigenvalue weighted by Crippen LogP contribution is 2.39. The van der Waals surface area contributed by atoms with Crippen LogP contribution in [0.15, 0.2) is 49.1 Å². The van der Waals surface area contributed by atoms with Crippen LogP contribution in [0.4, 0.5) is 0 Å². The second-order valence-corrected chi connectivity index (χ2v) is 8.83. The SMILES string of the molecule is O[C@@H]1[C@@H](CCc2ccc3cc4c(nc3c2)CNC4)C[C@@H](n2ccc3cncnc32)[C@@H]1O. The van der Waals surface area contributed by atoms with Crippen LogP contribution in [0.2, 0.25) is 0 Å². The van der Waals surface area contributed by atoms with Crippen LogP contribution in [-0.2, 0) is 19.5 Å². The molecule has 1 aliphatic carbocycles. The molecule has 6 rings (SSSR count). The van der Waals surface area contributed by atoms with E-state index in [2.05, 4.69) is 39.6 Å².